The molecule has 0 heterocycles. The molecular weight excluding hydrogens is 298 g/mol. The molecule has 0 saturated carbocycles. The molecule has 0 aliphatic rings. The molecule has 0 aromatic heterocycles. The molecule has 2 aromatic carbocycles. The van der Waals surface area contributed by atoms with E-state index < -0.39 is 0 Å². The molecule has 120 valence electrons. The van der Waals surface area contributed by atoms with Gasteiger partial charge in [0.2, 0.25) is 5.71 Å². The summed E-state index contributed by atoms with van der Waals surface area (Å²) in [6, 6.07) is 21.6. The molecule has 2 aromatic rings. The van der Waals surface area contributed by atoms with Crippen molar-refractivity contribution in [2.45, 2.75) is 20.0 Å². The Morgan fingerprint density at radius 3 is 2.33 bits per heavy atom. The smallest absolute Gasteiger partial charge is 0.237 e. The van der Waals surface area contributed by atoms with Crippen LogP contribution in [0.4, 0.5) is 5.69 Å². The van der Waals surface area contributed by atoms with Gasteiger partial charge < -0.3 is 0 Å². The zero-order valence-corrected chi connectivity index (χ0v) is 13.6. The van der Waals surface area contributed by atoms with Crippen molar-refractivity contribution in [2.75, 3.05) is 12.0 Å². The molecule has 0 aliphatic heterocycles. The van der Waals surface area contributed by atoms with Crippen LogP contribution in [-0.4, -0.2) is 17.2 Å². The highest BCUT2D eigenvalue weighted by atomic mass is 15.3. The summed E-state index contributed by atoms with van der Waals surface area (Å²) in [6.07, 6.45) is 0. The highest BCUT2D eigenvalue weighted by molar-refractivity contribution is 6.10. The topological polar surface area (TPSA) is 75.2 Å². The first kappa shape index (κ1) is 17.2. The molecular formula is C19H19N5. The van der Waals surface area contributed by atoms with Gasteiger partial charge in [-0.3, -0.25) is 10.3 Å². The highest BCUT2D eigenvalue weighted by Crippen LogP contribution is 2.14. The molecule has 0 amide bonds. The first-order valence-electron chi connectivity index (χ1n) is 7.74. The lowest BCUT2D eigenvalue weighted by molar-refractivity contribution is 0.271. The van der Waals surface area contributed by atoms with E-state index in [-0.39, 0.29) is 5.71 Å². The van der Waals surface area contributed by atoms with E-state index in [2.05, 4.69) is 40.5 Å². The molecule has 0 unspecified atom stereocenters. The Labute approximate surface area is 142 Å². The van der Waals surface area contributed by atoms with Gasteiger partial charge in [0.25, 0.3) is 0 Å². The van der Waals surface area contributed by atoms with Crippen LogP contribution in [-0.2, 0) is 13.1 Å². The minimum atomic E-state index is -0.195. The number of anilines is 1. The number of hydrogen-bond acceptors (Lipinski definition) is 5. The Balaban J connectivity index is 2.04. The van der Waals surface area contributed by atoms with Gasteiger partial charge >= 0.3 is 0 Å². The van der Waals surface area contributed by atoms with Gasteiger partial charge in [0.15, 0.2) is 0 Å². The van der Waals surface area contributed by atoms with Gasteiger partial charge in [0.05, 0.1) is 5.69 Å². The molecule has 0 spiro atoms. The van der Waals surface area contributed by atoms with Crippen LogP contribution in [0.15, 0.2) is 59.7 Å². The van der Waals surface area contributed by atoms with Gasteiger partial charge in [-0.25, -0.2) is 0 Å². The monoisotopic (exact) mass is 317 g/mol. The fraction of sp³-hybridized carbons (Fsp3) is 0.211. The lowest BCUT2D eigenvalue weighted by Crippen LogP contribution is -2.22. The molecule has 0 aliphatic carbocycles. The van der Waals surface area contributed by atoms with Crippen LogP contribution < -0.4 is 5.43 Å². The molecule has 1 N–H and O–H groups in total. The van der Waals surface area contributed by atoms with Crippen molar-refractivity contribution in [1.29, 1.82) is 10.5 Å². The van der Waals surface area contributed by atoms with E-state index in [1.165, 1.54) is 5.56 Å². The van der Waals surface area contributed by atoms with Crippen LogP contribution >= 0.6 is 0 Å². The van der Waals surface area contributed by atoms with Crippen molar-refractivity contribution in [3.05, 3.63) is 65.7 Å². The van der Waals surface area contributed by atoms with Crippen molar-refractivity contribution in [3.8, 4) is 12.1 Å². The summed E-state index contributed by atoms with van der Waals surface area (Å²) in [5, 5.41) is 21.2. The van der Waals surface area contributed by atoms with Gasteiger partial charge in [-0.15, -0.1) is 0 Å². The number of nitrogens with one attached hydrogen (secondary N) is 1. The zero-order chi connectivity index (χ0) is 17.2. The van der Waals surface area contributed by atoms with E-state index in [1.54, 1.807) is 12.1 Å². The Morgan fingerprint density at radius 2 is 1.67 bits per heavy atom. The van der Waals surface area contributed by atoms with E-state index in [1.807, 2.05) is 36.4 Å². The number of nitrogens with zero attached hydrogens (tertiary/aromatic N) is 4. The molecule has 5 heteroatoms. The summed E-state index contributed by atoms with van der Waals surface area (Å²) in [5.41, 5.74) is 5.74. The molecule has 0 bridgehead atoms. The van der Waals surface area contributed by atoms with E-state index >= 15 is 0 Å². The van der Waals surface area contributed by atoms with Gasteiger partial charge in [0.1, 0.15) is 12.1 Å². The molecule has 24 heavy (non-hydrogen) atoms. The third kappa shape index (κ3) is 5.24. The van der Waals surface area contributed by atoms with Crippen LogP contribution in [0.5, 0.6) is 0 Å². The summed E-state index contributed by atoms with van der Waals surface area (Å²) in [7, 11) is 0. The normalized spacial score (nSPS) is 9.83. The number of hydrogen-bond donors (Lipinski definition) is 1. The zero-order valence-electron chi connectivity index (χ0n) is 13.6. The maximum Gasteiger partial charge on any atom is 0.237 e. The Hall–Kier alpha value is -3.15. The van der Waals surface area contributed by atoms with Crippen molar-refractivity contribution < 1.29 is 0 Å². The Morgan fingerprint density at radius 1 is 1.00 bits per heavy atom. The first-order valence-corrected chi connectivity index (χ1v) is 7.74. The molecule has 0 radical (unpaired) electrons. The second kappa shape index (κ2) is 9.09. The van der Waals surface area contributed by atoms with Crippen LogP contribution in [0, 0.1) is 22.7 Å². The second-order valence-corrected chi connectivity index (χ2v) is 5.29. The summed E-state index contributed by atoms with van der Waals surface area (Å²) >= 11 is 0. The van der Waals surface area contributed by atoms with Crippen molar-refractivity contribution in [2.24, 2.45) is 5.10 Å². The van der Waals surface area contributed by atoms with Crippen LogP contribution in [0.25, 0.3) is 0 Å². The second-order valence-electron chi connectivity index (χ2n) is 5.29. The maximum absolute atomic E-state index is 8.70. The predicted octanol–water partition coefficient (Wildman–Crippen LogP) is 3.52. The number of hydrazone groups is 1. The van der Waals surface area contributed by atoms with Crippen molar-refractivity contribution >= 4 is 11.4 Å². The third-order valence-corrected chi connectivity index (χ3v) is 3.54. The minimum absolute atomic E-state index is 0.195. The van der Waals surface area contributed by atoms with Gasteiger partial charge in [-0.05, 0) is 29.8 Å². The highest BCUT2D eigenvalue weighted by Gasteiger charge is 2.05. The Bertz CT molecular complexity index is 752. The standard InChI is InChI=1S/C19H19N5/c1-2-24(14-16-7-4-3-5-8-16)15-17-9-6-10-18(11-17)22-23-19(12-20)13-21/h3-11,22H,2,14-15H2,1H3. The fourth-order valence-electron chi connectivity index (χ4n) is 2.31. The Kier molecular flexibility index (Phi) is 6.52. The SMILES string of the molecule is CCN(Cc1ccccc1)Cc1cccc(NN=C(C#N)C#N)c1. The number of nitriles is 2. The van der Waals surface area contributed by atoms with Crippen molar-refractivity contribution in [1.82, 2.24) is 4.90 Å². The van der Waals surface area contributed by atoms with Crippen LogP contribution in [0.2, 0.25) is 0 Å². The summed E-state index contributed by atoms with van der Waals surface area (Å²) < 4.78 is 0. The lowest BCUT2D eigenvalue weighted by atomic mass is 10.1. The lowest BCUT2D eigenvalue weighted by Gasteiger charge is -2.21. The van der Waals surface area contributed by atoms with E-state index in [0.717, 1.165) is 30.9 Å². The largest absolute Gasteiger partial charge is 0.295 e. The van der Waals surface area contributed by atoms with E-state index in [0.29, 0.717) is 0 Å². The average Bonchev–Trinajstić information content (AvgIpc) is 2.63. The third-order valence-electron chi connectivity index (χ3n) is 3.54. The van der Waals surface area contributed by atoms with Gasteiger partial charge in [0, 0.05) is 13.1 Å². The molecule has 0 saturated heterocycles. The predicted molar refractivity (Wildman–Crippen MR) is 95.0 cm³/mol. The quantitative estimate of drug-likeness (QED) is 0.626. The van der Waals surface area contributed by atoms with E-state index in [4.69, 9.17) is 10.5 Å². The summed E-state index contributed by atoms with van der Waals surface area (Å²) in [4.78, 5) is 2.34. The molecule has 5 nitrogen and oxygen atoms in total. The number of benzene rings is 2. The van der Waals surface area contributed by atoms with Crippen molar-refractivity contribution in [3.63, 3.8) is 0 Å². The van der Waals surface area contributed by atoms with Gasteiger partial charge in [-0.1, -0.05) is 49.4 Å². The average molecular weight is 317 g/mol. The fourth-order valence-corrected chi connectivity index (χ4v) is 2.31. The van der Waals surface area contributed by atoms with Gasteiger partial charge in [-0.2, -0.15) is 15.6 Å². The summed E-state index contributed by atoms with van der Waals surface area (Å²) in [6.45, 7) is 4.79. The summed E-state index contributed by atoms with van der Waals surface area (Å²) in [5.74, 6) is 0. The first-order chi connectivity index (χ1) is 11.7. The molecule has 0 fully saturated rings. The molecule has 0 atom stereocenters. The van der Waals surface area contributed by atoms with E-state index in [9.17, 15) is 0 Å². The molecule has 2 rings (SSSR count). The minimum Gasteiger partial charge on any atom is -0.295 e. The van der Waals surface area contributed by atoms with Crippen LogP contribution in [0.3, 0.4) is 0 Å². The number of rotatable bonds is 7. The van der Waals surface area contributed by atoms with Crippen LogP contribution in [0.1, 0.15) is 18.1 Å². The maximum atomic E-state index is 8.70.